The van der Waals surface area contributed by atoms with Gasteiger partial charge in [-0.25, -0.2) is 0 Å². The molecular formula is C19H19N5O4S. The number of aromatic nitrogens is 3. The van der Waals surface area contributed by atoms with E-state index in [0.29, 0.717) is 16.5 Å². The monoisotopic (exact) mass is 413 g/mol. The van der Waals surface area contributed by atoms with Crippen LogP contribution in [-0.4, -0.2) is 38.5 Å². The summed E-state index contributed by atoms with van der Waals surface area (Å²) in [5, 5.41) is 22.7. The second kappa shape index (κ2) is 8.74. The van der Waals surface area contributed by atoms with Crippen LogP contribution in [0.3, 0.4) is 0 Å². The van der Waals surface area contributed by atoms with Crippen LogP contribution in [0.1, 0.15) is 5.56 Å². The molecule has 3 rings (SSSR count). The Balaban J connectivity index is 1.69. The van der Waals surface area contributed by atoms with E-state index in [4.69, 9.17) is 4.74 Å². The van der Waals surface area contributed by atoms with Gasteiger partial charge < -0.3 is 14.6 Å². The quantitative estimate of drug-likeness (QED) is 0.359. The topological polar surface area (TPSA) is 112 Å². The van der Waals surface area contributed by atoms with Crippen molar-refractivity contribution in [1.29, 1.82) is 0 Å². The van der Waals surface area contributed by atoms with Crippen LogP contribution in [-0.2, 0) is 11.8 Å². The highest BCUT2D eigenvalue weighted by Gasteiger charge is 2.19. The number of para-hydroxylation sites is 1. The molecule has 0 saturated carbocycles. The lowest BCUT2D eigenvalue weighted by molar-refractivity contribution is -0.384. The van der Waals surface area contributed by atoms with Crippen LogP contribution >= 0.6 is 11.8 Å². The molecule has 0 atom stereocenters. The fourth-order valence-electron chi connectivity index (χ4n) is 2.70. The molecule has 0 radical (unpaired) electrons. The first kappa shape index (κ1) is 20.3. The highest BCUT2D eigenvalue weighted by Crippen LogP contribution is 2.28. The van der Waals surface area contributed by atoms with E-state index >= 15 is 0 Å². The number of hydrogen-bond acceptors (Lipinski definition) is 7. The van der Waals surface area contributed by atoms with Crippen molar-refractivity contribution in [2.24, 2.45) is 7.05 Å². The number of benzene rings is 2. The lowest BCUT2D eigenvalue weighted by Crippen LogP contribution is -2.16. The Hall–Kier alpha value is -3.40. The van der Waals surface area contributed by atoms with E-state index in [-0.39, 0.29) is 23.0 Å². The summed E-state index contributed by atoms with van der Waals surface area (Å²) in [6.45, 7) is 1.71. The average Bonchev–Trinajstić information content (AvgIpc) is 3.08. The summed E-state index contributed by atoms with van der Waals surface area (Å²) in [5.74, 6) is 1.08. The number of nitro benzene ring substituents is 1. The number of carbonyl (C=O) groups excluding carboxylic acids is 1. The molecule has 0 bridgehead atoms. The molecule has 29 heavy (non-hydrogen) atoms. The maximum absolute atomic E-state index is 12.3. The minimum absolute atomic E-state index is 0.0417. The lowest BCUT2D eigenvalue weighted by Gasteiger charge is -2.09. The normalized spacial score (nSPS) is 10.6. The molecule has 150 valence electrons. The standard InChI is InChI=1S/C19H19N5O4S/c1-12-5-4-6-15(24(26)27)17(12)20-16(25)11-29-19-22-21-18(23(19)2)13-7-9-14(28-3)10-8-13/h4-10H,11H2,1-3H3,(H,20,25). The molecule has 10 heteroatoms. The van der Waals surface area contributed by atoms with E-state index in [9.17, 15) is 14.9 Å². The van der Waals surface area contributed by atoms with Crippen molar-refractivity contribution in [3.05, 3.63) is 58.1 Å². The Morgan fingerprint density at radius 2 is 1.97 bits per heavy atom. The number of amides is 1. The van der Waals surface area contributed by atoms with Crippen molar-refractivity contribution in [3.8, 4) is 17.1 Å². The number of nitrogens with zero attached hydrogens (tertiary/aromatic N) is 4. The maximum atomic E-state index is 12.3. The molecule has 0 aliphatic heterocycles. The molecule has 0 fully saturated rings. The van der Waals surface area contributed by atoms with E-state index in [1.165, 1.54) is 17.8 Å². The van der Waals surface area contributed by atoms with Gasteiger partial charge in [0.2, 0.25) is 5.91 Å². The fourth-order valence-corrected chi connectivity index (χ4v) is 3.42. The van der Waals surface area contributed by atoms with Gasteiger partial charge in [0.1, 0.15) is 11.4 Å². The predicted octanol–water partition coefficient (Wildman–Crippen LogP) is 3.44. The molecule has 0 unspecified atom stereocenters. The zero-order valence-electron chi connectivity index (χ0n) is 16.1. The number of hydrogen-bond donors (Lipinski definition) is 1. The Bertz CT molecular complexity index is 1050. The molecule has 3 aromatic rings. The summed E-state index contributed by atoms with van der Waals surface area (Å²) in [7, 11) is 3.41. The number of carbonyl (C=O) groups is 1. The highest BCUT2D eigenvalue weighted by atomic mass is 32.2. The fraction of sp³-hybridized carbons (Fsp3) is 0.211. The Kier molecular flexibility index (Phi) is 6.13. The highest BCUT2D eigenvalue weighted by molar-refractivity contribution is 7.99. The molecule has 9 nitrogen and oxygen atoms in total. The third kappa shape index (κ3) is 4.54. The number of thioether (sulfide) groups is 1. The predicted molar refractivity (Wildman–Crippen MR) is 110 cm³/mol. The van der Waals surface area contributed by atoms with Gasteiger partial charge in [0.05, 0.1) is 17.8 Å². The second-order valence-corrected chi connectivity index (χ2v) is 7.10. The summed E-state index contributed by atoms with van der Waals surface area (Å²) >= 11 is 1.20. The third-order valence-electron chi connectivity index (χ3n) is 4.23. The van der Waals surface area contributed by atoms with Gasteiger partial charge in [-0.2, -0.15) is 0 Å². The SMILES string of the molecule is COc1ccc(-c2nnc(SCC(=O)Nc3c(C)cccc3[N+](=O)[O-])n2C)cc1. The zero-order valence-corrected chi connectivity index (χ0v) is 16.9. The number of rotatable bonds is 7. The first-order valence-electron chi connectivity index (χ1n) is 8.61. The van der Waals surface area contributed by atoms with E-state index in [0.717, 1.165) is 11.3 Å². The Labute approximate surface area is 171 Å². The first-order valence-corrected chi connectivity index (χ1v) is 9.59. The Morgan fingerprint density at radius 1 is 1.24 bits per heavy atom. The second-order valence-electron chi connectivity index (χ2n) is 6.16. The van der Waals surface area contributed by atoms with Crippen LogP contribution in [0.25, 0.3) is 11.4 Å². The van der Waals surface area contributed by atoms with Crippen molar-refractivity contribution in [2.75, 3.05) is 18.2 Å². The maximum Gasteiger partial charge on any atom is 0.293 e. The van der Waals surface area contributed by atoms with Gasteiger partial charge >= 0.3 is 0 Å². The van der Waals surface area contributed by atoms with Crippen LogP contribution < -0.4 is 10.1 Å². The van der Waals surface area contributed by atoms with Crippen molar-refractivity contribution < 1.29 is 14.5 Å². The van der Waals surface area contributed by atoms with E-state index in [2.05, 4.69) is 15.5 Å². The zero-order chi connectivity index (χ0) is 21.0. The number of aryl methyl sites for hydroxylation is 1. The summed E-state index contributed by atoms with van der Waals surface area (Å²) in [6.07, 6.45) is 0. The number of anilines is 1. The Morgan fingerprint density at radius 3 is 2.62 bits per heavy atom. The molecule has 0 spiro atoms. The van der Waals surface area contributed by atoms with Gasteiger partial charge in [-0.15, -0.1) is 10.2 Å². The molecule has 0 saturated heterocycles. The summed E-state index contributed by atoms with van der Waals surface area (Å²) < 4.78 is 6.94. The molecule has 1 amide bonds. The summed E-state index contributed by atoms with van der Waals surface area (Å²) in [5.41, 5.74) is 1.56. The number of nitrogens with one attached hydrogen (secondary N) is 1. The van der Waals surface area contributed by atoms with Crippen LogP contribution in [0.4, 0.5) is 11.4 Å². The van der Waals surface area contributed by atoms with E-state index < -0.39 is 4.92 Å². The number of methoxy groups -OCH3 is 1. The largest absolute Gasteiger partial charge is 0.497 e. The van der Waals surface area contributed by atoms with Crippen molar-refractivity contribution >= 4 is 29.0 Å². The van der Waals surface area contributed by atoms with Crippen molar-refractivity contribution in [3.63, 3.8) is 0 Å². The number of nitro groups is 1. The van der Waals surface area contributed by atoms with Crippen molar-refractivity contribution in [1.82, 2.24) is 14.8 Å². The molecule has 1 aromatic heterocycles. The molecule has 0 aliphatic rings. The van der Waals surface area contributed by atoms with Crippen LogP contribution in [0, 0.1) is 17.0 Å². The van der Waals surface area contributed by atoms with Crippen LogP contribution in [0.2, 0.25) is 0 Å². The van der Waals surface area contributed by atoms with Crippen molar-refractivity contribution in [2.45, 2.75) is 12.1 Å². The van der Waals surface area contributed by atoms with Crippen LogP contribution in [0.15, 0.2) is 47.6 Å². The molecule has 2 aromatic carbocycles. The molecule has 1 heterocycles. The average molecular weight is 413 g/mol. The molecule has 1 N–H and O–H groups in total. The third-order valence-corrected chi connectivity index (χ3v) is 5.25. The van der Waals surface area contributed by atoms with Gasteiger partial charge in [-0.1, -0.05) is 23.9 Å². The van der Waals surface area contributed by atoms with Gasteiger partial charge in [0, 0.05) is 18.7 Å². The summed E-state index contributed by atoms with van der Waals surface area (Å²) in [4.78, 5) is 23.0. The van der Waals surface area contributed by atoms with Gasteiger partial charge in [0.15, 0.2) is 11.0 Å². The van der Waals surface area contributed by atoms with Gasteiger partial charge in [-0.05, 0) is 36.8 Å². The van der Waals surface area contributed by atoms with Crippen LogP contribution in [0.5, 0.6) is 5.75 Å². The summed E-state index contributed by atoms with van der Waals surface area (Å²) in [6, 6.07) is 12.1. The lowest BCUT2D eigenvalue weighted by atomic mass is 10.1. The van der Waals surface area contributed by atoms with E-state index in [1.54, 1.807) is 30.7 Å². The molecule has 0 aliphatic carbocycles. The van der Waals surface area contributed by atoms with E-state index in [1.807, 2.05) is 31.3 Å². The minimum Gasteiger partial charge on any atom is -0.497 e. The smallest absolute Gasteiger partial charge is 0.293 e. The number of ether oxygens (including phenoxy) is 1. The van der Waals surface area contributed by atoms with Gasteiger partial charge in [-0.3, -0.25) is 14.9 Å². The molecular weight excluding hydrogens is 394 g/mol. The first-order chi connectivity index (χ1) is 13.9. The van der Waals surface area contributed by atoms with Gasteiger partial charge in [0.25, 0.3) is 5.69 Å². The minimum atomic E-state index is -0.514.